The van der Waals surface area contributed by atoms with Crippen LogP contribution in [-0.4, -0.2) is 66.1 Å². The van der Waals surface area contributed by atoms with Crippen molar-refractivity contribution in [2.24, 2.45) is 0 Å². The molecule has 0 aromatic carbocycles. The molecule has 1 aliphatic heterocycles. The van der Waals surface area contributed by atoms with Gasteiger partial charge in [-0.05, 0) is 12.6 Å². The Hall–Kier alpha value is -2.74. The van der Waals surface area contributed by atoms with Crippen LogP contribution in [0.2, 0.25) is 0 Å². The number of likely N-dealkylation sites (N-methyl/N-ethyl adjacent to an activating group) is 1. The van der Waals surface area contributed by atoms with Crippen molar-refractivity contribution in [3.05, 3.63) is 42.0 Å². The fourth-order valence-electron chi connectivity index (χ4n) is 2.59. The van der Waals surface area contributed by atoms with Gasteiger partial charge in [0, 0.05) is 51.1 Å². The fourth-order valence-corrected chi connectivity index (χ4v) is 2.59. The zero-order chi connectivity index (χ0) is 17.6. The minimum atomic E-state index is -0.228. The third-order valence-electron chi connectivity index (χ3n) is 4.17. The number of hydrogen-bond donors (Lipinski definition) is 1. The van der Waals surface area contributed by atoms with Gasteiger partial charge in [-0.15, -0.1) is 0 Å². The van der Waals surface area contributed by atoms with E-state index in [2.05, 4.69) is 37.1 Å². The fraction of sp³-hybridized carbons (Fsp3) is 0.412. The molecule has 0 radical (unpaired) electrons. The van der Waals surface area contributed by atoms with Gasteiger partial charge in [0.05, 0.1) is 7.11 Å². The van der Waals surface area contributed by atoms with Gasteiger partial charge in [0.15, 0.2) is 0 Å². The van der Waals surface area contributed by atoms with Crippen molar-refractivity contribution in [3.8, 4) is 5.88 Å². The van der Waals surface area contributed by atoms with E-state index in [1.54, 1.807) is 25.4 Å². The van der Waals surface area contributed by atoms with Gasteiger partial charge in [-0.1, -0.05) is 6.07 Å². The van der Waals surface area contributed by atoms with Crippen LogP contribution in [0, 0.1) is 0 Å². The summed E-state index contributed by atoms with van der Waals surface area (Å²) in [6.07, 6.45) is 3.12. The van der Waals surface area contributed by atoms with Crippen molar-refractivity contribution in [1.29, 1.82) is 0 Å². The molecule has 1 saturated heterocycles. The van der Waals surface area contributed by atoms with Crippen molar-refractivity contribution < 1.29 is 9.53 Å². The number of rotatable bonds is 5. The number of ether oxygens (including phenoxy) is 1. The van der Waals surface area contributed by atoms with E-state index >= 15 is 0 Å². The van der Waals surface area contributed by atoms with Crippen LogP contribution in [0.15, 0.2) is 30.7 Å². The molecule has 3 rings (SSSR count). The van der Waals surface area contributed by atoms with Crippen molar-refractivity contribution in [2.75, 3.05) is 45.2 Å². The number of aromatic nitrogens is 3. The smallest absolute Gasteiger partial charge is 0.270 e. The molecule has 25 heavy (non-hydrogen) atoms. The summed E-state index contributed by atoms with van der Waals surface area (Å²) in [5.41, 5.74) is 1.26. The first-order valence-electron chi connectivity index (χ1n) is 8.18. The maximum atomic E-state index is 12.4. The Bertz CT molecular complexity index is 713. The van der Waals surface area contributed by atoms with E-state index in [4.69, 9.17) is 4.74 Å². The SMILES string of the molecule is COc1ccc(CNC(=O)c2cc(N3CCN(C)CC3)ncn2)cn1. The Morgan fingerprint density at radius 1 is 1.20 bits per heavy atom. The molecule has 0 aliphatic carbocycles. The van der Waals surface area contributed by atoms with E-state index in [0.717, 1.165) is 37.6 Å². The van der Waals surface area contributed by atoms with Crippen LogP contribution >= 0.6 is 0 Å². The average molecular weight is 342 g/mol. The topological polar surface area (TPSA) is 83.5 Å². The van der Waals surface area contributed by atoms with Crippen LogP contribution in [0.3, 0.4) is 0 Å². The van der Waals surface area contributed by atoms with Gasteiger partial charge in [0.25, 0.3) is 5.91 Å². The van der Waals surface area contributed by atoms with Crippen LogP contribution < -0.4 is 15.0 Å². The van der Waals surface area contributed by atoms with E-state index in [-0.39, 0.29) is 5.91 Å². The largest absolute Gasteiger partial charge is 0.481 e. The normalized spacial score (nSPS) is 15.0. The number of carbonyl (C=O) groups is 1. The molecule has 1 N–H and O–H groups in total. The molecule has 1 fully saturated rings. The number of carbonyl (C=O) groups excluding carboxylic acids is 1. The van der Waals surface area contributed by atoms with Crippen LogP contribution in [-0.2, 0) is 6.54 Å². The number of methoxy groups -OCH3 is 1. The lowest BCUT2D eigenvalue weighted by molar-refractivity contribution is 0.0945. The van der Waals surface area contributed by atoms with Crippen molar-refractivity contribution in [2.45, 2.75) is 6.54 Å². The molecule has 3 heterocycles. The number of anilines is 1. The van der Waals surface area contributed by atoms with E-state index < -0.39 is 0 Å². The first-order chi connectivity index (χ1) is 12.2. The summed E-state index contributed by atoms with van der Waals surface area (Å²) in [7, 11) is 3.67. The van der Waals surface area contributed by atoms with E-state index in [1.165, 1.54) is 6.33 Å². The third-order valence-corrected chi connectivity index (χ3v) is 4.17. The van der Waals surface area contributed by atoms with Gasteiger partial charge < -0.3 is 19.9 Å². The van der Waals surface area contributed by atoms with Crippen LogP contribution in [0.25, 0.3) is 0 Å². The summed E-state index contributed by atoms with van der Waals surface area (Å²) in [6.45, 7) is 4.13. The molecular weight excluding hydrogens is 320 g/mol. The second kappa shape index (κ2) is 7.89. The van der Waals surface area contributed by atoms with Crippen molar-refractivity contribution in [1.82, 2.24) is 25.2 Å². The second-order valence-electron chi connectivity index (χ2n) is 5.94. The first kappa shape index (κ1) is 17.1. The van der Waals surface area contributed by atoms with Crippen LogP contribution in [0.1, 0.15) is 16.1 Å². The van der Waals surface area contributed by atoms with Crippen molar-refractivity contribution >= 4 is 11.7 Å². The molecule has 2 aromatic rings. The number of nitrogens with zero attached hydrogens (tertiary/aromatic N) is 5. The highest BCUT2D eigenvalue weighted by molar-refractivity contribution is 5.92. The first-order valence-corrected chi connectivity index (χ1v) is 8.18. The lowest BCUT2D eigenvalue weighted by atomic mass is 10.2. The summed E-state index contributed by atoms with van der Waals surface area (Å²) < 4.78 is 5.02. The summed E-state index contributed by atoms with van der Waals surface area (Å²) in [5, 5.41) is 2.85. The predicted molar refractivity (Wildman–Crippen MR) is 93.7 cm³/mol. The summed E-state index contributed by atoms with van der Waals surface area (Å²) in [5.74, 6) is 1.11. The zero-order valence-electron chi connectivity index (χ0n) is 14.5. The number of hydrogen-bond acceptors (Lipinski definition) is 7. The van der Waals surface area contributed by atoms with E-state index in [0.29, 0.717) is 18.1 Å². The van der Waals surface area contributed by atoms with Crippen LogP contribution in [0.4, 0.5) is 5.82 Å². The molecule has 8 heteroatoms. The highest BCUT2D eigenvalue weighted by Crippen LogP contribution is 2.13. The molecular formula is C17H22N6O2. The predicted octanol–water partition coefficient (Wildman–Crippen LogP) is 0.562. The van der Waals surface area contributed by atoms with Crippen LogP contribution in [0.5, 0.6) is 5.88 Å². The maximum Gasteiger partial charge on any atom is 0.270 e. The van der Waals surface area contributed by atoms with Gasteiger partial charge in [-0.2, -0.15) is 0 Å². The lowest BCUT2D eigenvalue weighted by Crippen LogP contribution is -2.44. The number of piperazine rings is 1. The van der Waals surface area contributed by atoms with E-state index in [1.807, 2.05) is 6.07 Å². The minimum Gasteiger partial charge on any atom is -0.481 e. The standard InChI is InChI=1S/C17H22N6O2/c1-22-5-7-23(8-6-22)15-9-14(20-12-21-15)17(24)19-11-13-3-4-16(25-2)18-10-13/h3-4,9-10,12H,5-8,11H2,1-2H3,(H,19,24). The molecule has 8 nitrogen and oxygen atoms in total. The molecule has 1 aliphatic rings. The van der Waals surface area contributed by atoms with Gasteiger partial charge in [0.2, 0.25) is 5.88 Å². The van der Waals surface area contributed by atoms with Crippen molar-refractivity contribution in [3.63, 3.8) is 0 Å². The molecule has 0 bridgehead atoms. The Morgan fingerprint density at radius 2 is 2.00 bits per heavy atom. The molecule has 0 unspecified atom stereocenters. The minimum absolute atomic E-state index is 0.228. The molecule has 0 atom stereocenters. The average Bonchev–Trinajstić information content (AvgIpc) is 2.67. The zero-order valence-corrected chi connectivity index (χ0v) is 14.5. The number of amides is 1. The monoisotopic (exact) mass is 342 g/mol. The highest BCUT2D eigenvalue weighted by atomic mass is 16.5. The summed E-state index contributed by atoms with van der Waals surface area (Å²) in [6, 6.07) is 5.37. The molecule has 1 amide bonds. The van der Waals surface area contributed by atoms with Gasteiger partial charge in [-0.3, -0.25) is 4.79 Å². The number of pyridine rings is 1. The maximum absolute atomic E-state index is 12.4. The Labute approximate surface area is 146 Å². The molecule has 0 spiro atoms. The van der Waals surface area contributed by atoms with E-state index in [9.17, 15) is 4.79 Å². The number of nitrogens with one attached hydrogen (secondary N) is 1. The molecule has 2 aromatic heterocycles. The third kappa shape index (κ3) is 4.42. The second-order valence-corrected chi connectivity index (χ2v) is 5.94. The summed E-state index contributed by atoms with van der Waals surface area (Å²) in [4.78, 5) is 29.3. The Morgan fingerprint density at radius 3 is 2.68 bits per heavy atom. The Balaban J connectivity index is 1.60. The lowest BCUT2D eigenvalue weighted by Gasteiger charge is -2.33. The quantitative estimate of drug-likeness (QED) is 0.850. The Kier molecular flexibility index (Phi) is 5.39. The van der Waals surface area contributed by atoms with Gasteiger partial charge in [-0.25, -0.2) is 15.0 Å². The molecule has 132 valence electrons. The molecule has 0 saturated carbocycles. The summed E-state index contributed by atoms with van der Waals surface area (Å²) >= 11 is 0. The highest BCUT2D eigenvalue weighted by Gasteiger charge is 2.17. The van der Waals surface area contributed by atoms with Gasteiger partial charge >= 0.3 is 0 Å². The van der Waals surface area contributed by atoms with Gasteiger partial charge in [0.1, 0.15) is 17.8 Å².